The summed E-state index contributed by atoms with van der Waals surface area (Å²) < 4.78 is 131. The van der Waals surface area contributed by atoms with Crippen molar-refractivity contribution in [3.63, 3.8) is 0 Å². The van der Waals surface area contributed by atoms with Crippen molar-refractivity contribution in [3.05, 3.63) is 125 Å². The van der Waals surface area contributed by atoms with E-state index in [4.69, 9.17) is 9.47 Å². The van der Waals surface area contributed by atoms with Crippen molar-refractivity contribution >= 4 is 0 Å². The molecule has 1 aliphatic heterocycles. The number of ether oxygens (including phenoxy) is 3. The number of rotatable bonds is 9. The predicted octanol–water partition coefficient (Wildman–Crippen LogP) is 9.61. The van der Waals surface area contributed by atoms with E-state index in [2.05, 4.69) is 11.3 Å². The fraction of sp³-hybridized carbons (Fsp3) is 0.212. The average Bonchev–Trinajstić information content (AvgIpc) is 2.98. The summed E-state index contributed by atoms with van der Waals surface area (Å²) in [5.41, 5.74) is -1.52. The second-order valence-electron chi connectivity index (χ2n) is 10.2. The molecule has 0 atom stereocenters. The lowest BCUT2D eigenvalue weighted by Gasteiger charge is -2.30. The number of hydrogen-bond donors (Lipinski definition) is 0. The third-order valence-corrected chi connectivity index (χ3v) is 7.07. The average molecular weight is 621 g/mol. The Balaban J connectivity index is 1.29. The van der Waals surface area contributed by atoms with Gasteiger partial charge in [-0.15, -0.1) is 6.58 Å². The quantitative estimate of drug-likeness (QED) is 0.106. The summed E-state index contributed by atoms with van der Waals surface area (Å²) in [4.78, 5) is 0. The van der Waals surface area contributed by atoms with Crippen LogP contribution in [-0.2, 0) is 15.6 Å². The van der Waals surface area contributed by atoms with Gasteiger partial charge in [-0.1, -0.05) is 30.3 Å². The van der Waals surface area contributed by atoms with Crippen LogP contribution in [0, 0.1) is 40.8 Å². The monoisotopic (exact) mass is 620 g/mol. The van der Waals surface area contributed by atoms with E-state index in [1.165, 1.54) is 24.3 Å². The third kappa shape index (κ3) is 6.63. The molecule has 0 saturated carbocycles. The lowest BCUT2D eigenvalue weighted by Crippen LogP contribution is -2.28. The predicted molar refractivity (Wildman–Crippen MR) is 146 cm³/mol. The summed E-state index contributed by atoms with van der Waals surface area (Å²) in [7, 11) is 0. The topological polar surface area (TPSA) is 27.7 Å². The van der Waals surface area contributed by atoms with Gasteiger partial charge in [0.2, 0.25) is 0 Å². The smallest absolute Gasteiger partial charge is 0.429 e. The van der Waals surface area contributed by atoms with Crippen LogP contribution >= 0.6 is 0 Å². The van der Waals surface area contributed by atoms with Crippen molar-refractivity contribution in [2.75, 3.05) is 13.2 Å². The van der Waals surface area contributed by atoms with Crippen LogP contribution in [-0.4, -0.2) is 13.2 Å². The van der Waals surface area contributed by atoms with Crippen LogP contribution in [0.3, 0.4) is 0 Å². The number of alkyl halides is 2. The van der Waals surface area contributed by atoms with Crippen LogP contribution in [0.2, 0.25) is 0 Å². The van der Waals surface area contributed by atoms with Gasteiger partial charge >= 0.3 is 6.11 Å². The maximum Gasteiger partial charge on any atom is 0.432 e. The first-order valence-corrected chi connectivity index (χ1v) is 13.4. The summed E-state index contributed by atoms with van der Waals surface area (Å²) in [6.07, 6.45) is -2.28. The molecular formula is C33H24F8O3. The van der Waals surface area contributed by atoms with Gasteiger partial charge in [-0.25, -0.2) is 26.3 Å². The Hall–Kier alpha value is -4.22. The fourth-order valence-corrected chi connectivity index (χ4v) is 4.82. The van der Waals surface area contributed by atoms with Gasteiger partial charge in [0.05, 0.1) is 13.2 Å². The highest BCUT2D eigenvalue weighted by molar-refractivity contribution is 5.71. The van der Waals surface area contributed by atoms with Crippen LogP contribution in [0.25, 0.3) is 22.3 Å². The molecule has 1 heterocycles. The lowest BCUT2D eigenvalue weighted by atomic mass is 9.99. The van der Waals surface area contributed by atoms with Crippen LogP contribution in [0.15, 0.2) is 79.4 Å². The summed E-state index contributed by atoms with van der Waals surface area (Å²) in [6, 6.07) is 11.2. The zero-order chi connectivity index (χ0) is 31.6. The van der Waals surface area contributed by atoms with Crippen molar-refractivity contribution in [2.45, 2.75) is 25.2 Å². The molecule has 1 fully saturated rings. The van der Waals surface area contributed by atoms with E-state index in [9.17, 15) is 35.1 Å². The molecule has 3 nitrogen and oxygen atoms in total. The maximum atomic E-state index is 15.0. The minimum Gasteiger partial charge on any atom is -0.429 e. The summed E-state index contributed by atoms with van der Waals surface area (Å²) >= 11 is 0. The maximum absolute atomic E-state index is 15.0. The zero-order valence-corrected chi connectivity index (χ0v) is 22.9. The molecule has 0 amide bonds. The van der Waals surface area contributed by atoms with E-state index in [0.717, 1.165) is 31.0 Å². The molecule has 0 N–H and O–H groups in total. The summed E-state index contributed by atoms with van der Waals surface area (Å²) in [5, 5.41) is 0. The standard InChI is InChI=1S/C33H24F8O3/c1-2-3-4-18-16-42-32(43-17-18)22-14-26(35)30(27(36)15-22)33(40,41)44-23-8-5-19(6-9-23)20-7-10-24(25(34)11-20)21-12-28(37)31(39)29(38)13-21/h2,5-15,18,32H,1,3-4,16-17H2. The Morgan fingerprint density at radius 1 is 0.727 bits per heavy atom. The molecule has 0 spiro atoms. The zero-order valence-electron chi connectivity index (χ0n) is 22.9. The van der Waals surface area contributed by atoms with E-state index >= 15 is 0 Å². The van der Waals surface area contributed by atoms with Gasteiger partial charge in [-0.3, -0.25) is 0 Å². The molecule has 0 bridgehead atoms. The first kappa shape index (κ1) is 31.2. The Bertz CT molecular complexity index is 1620. The molecule has 230 valence electrons. The van der Waals surface area contributed by atoms with E-state index in [-0.39, 0.29) is 41.4 Å². The van der Waals surface area contributed by atoms with Gasteiger partial charge in [0.25, 0.3) is 0 Å². The molecular weight excluding hydrogens is 596 g/mol. The number of hydrogen-bond acceptors (Lipinski definition) is 3. The summed E-state index contributed by atoms with van der Waals surface area (Å²) in [6.45, 7) is 4.18. The van der Waals surface area contributed by atoms with Crippen molar-refractivity contribution in [1.29, 1.82) is 0 Å². The Labute approximate surface area is 247 Å². The Morgan fingerprint density at radius 2 is 1.30 bits per heavy atom. The molecule has 4 aromatic carbocycles. The molecule has 1 saturated heterocycles. The van der Waals surface area contributed by atoms with Crippen molar-refractivity contribution in [1.82, 2.24) is 0 Å². The van der Waals surface area contributed by atoms with Gasteiger partial charge in [0, 0.05) is 17.0 Å². The number of allylic oxidation sites excluding steroid dienone is 1. The minimum absolute atomic E-state index is 0.0685. The van der Waals surface area contributed by atoms with Crippen LogP contribution in [0.4, 0.5) is 35.1 Å². The van der Waals surface area contributed by atoms with Crippen LogP contribution < -0.4 is 4.74 Å². The first-order valence-electron chi connectivity index (χ1n) is 13.4. The normalized spacial score (nSPS) is 17.0. The highest BCUT2D eigenvalue weighted by Gasteiger charge is 2.42. The largest absolute Gasteiger partial charge is 0.432 e. The highest BCUT2D eigenvalue weighted by Crippen LogP contribution is 2.38. The molecule has 5 rings (SSSR count). The highest BCUT2D eigenvalue weighted by atomic mass is 19.3. The second-order valence-corrected chi connectivity index (χ2v) is 10.2. The van der Waals surface area contributed by atoms with Crippen molar-refractivity contribution < 1.29 is 49.3 Å². The van der Waals surface area contributed by atoms with E-state index in [1.54, 1.807) is 6.08 Å². The van der Waals surface area contributed by atoms with Crippen molar-refractivity contribution in [3.8, 4) is 28.0 Å². The fourth-order valence-electron chi connectivity index (χ4n) is 4.82. The molecule has 0 unspecified atom stereocenters. The van der Waals surface area contributed by atoms with Gasteiger partial charge in [-0.05, 0) is 72.0 Å². The molecule has 4 aromatic rings. The second kappa shape index (κ2) is 12.8. The first-order chi connectivity index (χ1) is 21.0. The Kier molecular flexibility index (Phi) is 9.07. The van der Waals surface area contributed by atoms with E-state index in [1.807, 2.05) is 0 Å². The van der Waals surface area contributed by atoms with Crippen LogP contribution in [0.1, 0.15) is 30.3 Å². The molecule has 0 aromatic heterocycles. The lowest BCUT2D eigenvalue weighted by molar-refractivity contribution is -0.206. The van der Waals surface area contributed by atoms with Gasteiger partial charge in [0.1, 0.15) is 28.8 Å². The molecule has 0 aliphatic carbocycles. The number of halogens is 8. The van der Waals surface area contributed by atoms with E-state index < -0.39 is 58.6 Å². The van der Waals surface area contributed by atoms with E-state index in [0.29, 0.717) is 29.8 Å². The minimum atomic E-state index is -4.41. The Morgan fingerprint density at radius 3 is 1.86 bits per heavy atom. The molecule has 11 heteroatoms. The van der Waals surface area contributed by atoms with Gasteiger partial charge in [0.15, 0.2) is 23.7 Å². The molecule has 44 heavy (non-hydrogen) atoms. The molecule has 0 radical (unpaired) electrons. The molecule has 1 aliphatic rings. The third-order valence-electron chi connectivity index (χ3n) is 7.07. The van der Waals surface area contributed by atoms with Crippen LogP contribution in [0.5, 0.6) is 5.75 Å². The SMILES string of the molecule is C=CCCC1COC(c2cc(F)c(C(F)(F)Oc3ccc(-c4ccc(-c5cc(F)c(F)c(F)c5)c(F)c4)cc3)c(F)c2)OC1. The van der Waals surface area contributed by atoms with Crippen molar-refractivity contribution in [2.24, 2.45) is 5.92 Å². The number of benzene rings is 4. The van der Waals surface area contributed by atoms with Gasteiger partial charge in [-0.2, -0.15) is 8.78 Å². The van der Waals surface area contributed by atoms with Gasteiger partial charge < -0.3 is 14.2 Å². The summed E-state index contributed by atoms with van der Waals surface area (Å²) in [5.74, 6) is -9.01.